The summed E-state index contributed by atoms with van der Waals surface area (Å²) in [6, 6.07) is 13.5. The molecule has 162 valence electrons. The van der Waals surface area contributed by atoms with Crippen LogP contribution in [-0.4, -0.2) is 32.3 Å². The molecule has 0 saturated heterocycles. The van der Waals surface area contributed by atoms with E-state index in [2.05, 4.69) is 20.8 Å². The van der Waals surface area contributed by atoms with Gasteiger partial charge >= 0.3 is 0 Å². The maximum atomic E-state index is 12.4. The Kier molecular flexibility index (Phi) is 7.95. The van der Waals surface area contributed by atoms with Gasteiger partial charge in [-0.2, -0.15) is 0 Å². The SMILES string of the molecule is CCn1c(SCC(=O)Nc2cc(Cl)cc(Cl)c2)nnc1[C@H](C)NC(=O)c1ccccc1. The van der Waals surface area contributed by atoms with Gasteiger partial charge < -0.3 is 15.2 Å². The molecule has 1 heterocycles. The number of aromatic nitrogens is 3. The Morgan fingerprint density at radius 3 is 2.42 bits per heavy atom. The van der Waals surface area contributed by atoms with E-state index in [-0.39, 0.29) is 23.6 Å². The van der Waals surface area contributed by atoms with Crippen LogP contribution in [0.25, 0.3) is 0 Å². The summed E-state index contributed by atoms with van der Waals surface area (Å²) in [4.78, 5) is 24.7. The normalized spacial score (nSPS) is 11.7. The molecule has 2 aromatic carbocycles. The van der Waals surface area contributed by atoms with Crippen molar-refractivity contribution in [3.8, 4) is 0 Å². The van der Waals surface area contributed by atoms with Crippen molar-refractivity contribution < 1.29 is 9.59 Å². The highest BCUT2D eigenvalue weighted by molar-refractivity contribution is 7.99. The lowest BCUT2D eigenvalue weighted by Gasteiger charge is -2.15. The highest BCUT2D eigenvalue weighted by Gasteiger charge is 2.20. The number of hydrogen-bond donors (Lipinski definition) is 2. The summed E-state index contributed by atoms with van der Waals surface area (Å²) < 4.78 is 1.88. The number of carbonyl (C=O) groups excluding carboxylic acids is 2. The molecule has 0 spiro atoms. The molecule has 0 fully saturated rings. The van der Waals surface area contributed by atoms with E-state index in [1.165, 1.54) is 11.8 Å². The summed E-state index contributed by atoms with van der Waals surface area (Å²) in [6.45, 7) is 4.40. The third kappa shape index (κ3) is 6.22. The Morgan fingerprint density at radius 2 is 1.77 bits per heavy atom. The number of nitrogens with zero attached hydrogens (tertiary/aromatic N) is 3. The van der Waals surface area contributed by atoms with Gasteiger partial charge in [-0.25, -0.2) is 0 Å². The van der Waals surface area contributed by atoms with Crippen LogP contribution in [-0.2, 0) is 11.3 Å². The molecular weight excluding hydrogens is 457 g/mol. The van der Waals surface area contributed by atoms with Crippen molar-refractivity contribution in [2.75, 3.05) is 11.1 Å². The number of carbonyl (C=O) groups is 2. The minimum Gasteiger partial charge on any atom is -0.342 e. The van der Waals surface area contributed by atoms with Crippen LogP contribution in [0.5, 0.6) is 0 Å². The number of benzene rings is 2. The van der Waals surface area contributed by atoms with E-state index >= 15 is 0 Å². The fourth-order valence-electron chi connectivity index (χ4n) is 2.91. The molecule has 0 aliphatic rings. The van der Waals surface area contributed by atoms with E-state index < -0.39 is 0 Å². The first-order valence-electron chi connectivity index (χ1n) is 9.55. The first-order valence-corrected chi connectivity index (χ1v) is 11.3. The molecule has 0 saturated carbocycles. The molecule has 0 unspecified atom stereocenters. The highest BCUT2D eigenvalue weighted by Crippen LogP contribution is 2.24. The van der Waals surface area contributed by atoms with Crippen LogP contribution in [0.2, 0.25) is 10.0 Å². The van der Waals surface area contributed by atoms with Gasteiger partial charge in [0.15, 0.2) is 11.0 Å². The summed E-state index contributed by atoms with van der Waals surface area (Å²) in [5, 5.41) is 15.6. The van der Waals surface area contributed by atoms with Gasteiger partial charge in [-0.15, -0.1) is 10.2 Å². The Labute approximate surface area is 194 Å². The number of anilines is 1. The second-order valence-corrected chi connectivity index (χ2v) is 8.46. The Bertz CT molecular complexity index is 1050. The van der Waals surface area contributed by atoms with E-state index in [0.29, 0.717) is 38.8 Å². The molecule has 0 aliphatic heterocycles. The topological polar surface area (TPSA) is 88.9 Å². The van der Waals surface area contributed by atoms with Gasteiger partial charge in [-0.3, -0.25) is 9.59 Å². The van der Waals surface area contributed by atoms with Crippen molar-refractivity contribution in [3.05, 3.63) is 70.0 Å². The van der Waals surface area contributed by atoms with Crippen LogP contribution >= 0.6 is 35.0 Å². The van der Waals surface area contributed by atoms with E-state index in [1.807, 2.05) is 36.6 Å². The highest BCUT2D eigenvalue weighted by atomic mass is 35.5. The molecule has 10 heteroatoms. The largest absolute Gasteiger partial charge is 0.342 e. The lowest BCUT2D eigenvalue weighted by atomic mass is 10.2. The smallest absolute Gasteiger partial charge is 0.251 e. The summed E-state index contributed by atoms with van der Waals surface area (Å²) in [5.41, 5.74) is 1.10. The number of amides is 2. The average Bonchev–Trinajstić information content (AvgIpc) is 3.15. The number of hydrogen-bond acceptors (Lipinski definition) is 5. The van der Waals surface area contributed by atoms with Crippen molar-refractivity contribution >= 4 is 52.5 Å². The number of thioether (sulfide) groups is 1. The van der Waals surface area contributed by atoms with Gasteiger partial charge in [0, 0.05) is 27.8 Å². The molecule has 31 heavy (non-hydrogen) atoms. The minimum atomic E-state index is -0.350. The standard InChI is InChI=1S/C21H21Cl2N5O2S/c1-3-28-19(13(2)24-20(30)14-7-5-4-6-8-14)26-27-21(28)31-12-18(29)25-17-10-15(22)9-16(23)11-17/h4-11,13H,3,12H2,1-2H3,(H,24,30)(H,25,29)/t13-/m0/s1. The van der Waals surface area contributed by atoms with Crippen LogP contribution in [0.3, 0.4) is 0 Å². The molecule has 0 bridgehead atoms. The van der Waals surface area contributed by atoms with Gasteiger partial charge in [0.1, 0.15) is 0 Å². The molecule has 2 amide bonds. The van der Waals surface area contributed by atoms with E-state index in [1.54, 1.807) is 30.3 Å². The zero-order chi connectivity index (χ0) is 22.4. The first-order chi connectivity index (χ1) is 14.9. The lowest BCUT2D eigenvalue weighted by Crippen LogP contribution is -2.28. The zero-order valence-electron chi connectivity index (χ0n) is 16.9. The van der Waals surface area contributed by atoms with Gasteiger partial charge in [0.25, 0.3) is 5.91 Å². The number of nitrogens with one attached hydrogen (secondary N) is 2. The van der Waals surface area contributed by atoms with Crippen LogP contribution in [0.1, 0.15) is 36.1 Å². The monoisotopic (exact) mass is 477 g/mol. The number of rotatable bonds is 8. The third-order valence-corrected chi connectivity index (χ3v) is 5.71. The Morgan fingerprint density at radius 1 is 1.10 bits per heavy atom. The van der Waals surface area contributed by atoms with Crippen molar-refractivity contribution in [2.24, 2.45) is 0 Å². The van der Waals surface area contributed by atoms with Crippen molar-refractivity contribution in [3.63, 3.8) is 0 Å². The minimum absolute atomic E-state index is 0.132. The van der Waals surface area contributed by atoms with E-state index in [9.17, 15) is 9.59 Å². The fraction of sp³-hybridized carbons (Fsp3) is 0.238. The molecule has 7 nitrogen and oxygen atoms in total. The van der Waals surface area contributed by atoms with Gasteiger partial charge in [-0.05, 0) is 44.2 Å². The molecular formula is C21H21Cl2N5O2S. The molecule has 0 aliphatic carbocycles. The Balaban J connectivity index is 1.62. The average molecular weight is 478 g/mol. The maximum absolute atomic E-state index is 12.4. The third-order valence-electron chi connectivity index (χ3n) is 4.31. The van der Waals surface area contributed by atoms with Crippen LogP contribution < -0.4 is 10.6 Å². The molecule has 1 atom stereocenters. The molecule has 2 N–H and O–H groups in total. The van der Waals surface area contributed by atoms with Gasteiger partial charge in [-0.1, -0.05) is 53.2 Å². The predicted molar refractivity (Wildman–Crippen MR) is 124 cm³/mol. The molecule has 0 radical (unpaired) electrons. The van der Waals surface area contributed by atoms with E-state index in [4.69, 9.17) is 23.2 Å². The van der Waals surface area contributed by atoms with Crippen LogP contribution in [0.15, 0.2) is 53.7 Å². The Hall–Kier alpha value is -2.55. The van der Waals surface area contributed by atoms with Crippen LogP contribution in [0.4, 0.5) is 5.69 Å². The van der Waals surface area contributed by atoms with Gasteiger partial charge in [0.05, 0.1) is 11.8 Å². The summed E-state index contributed by atoms with van der Waals surface area (Å²) in [5.74, 6) is 0.345. The summed E-state index contributed by atoms with van der Waals surface area (Å²) in [6.07, 6.45) is 0. The maximum Gasteiger partial charge on any atom is 0.251 e. The lowest BCUT2D eigenvalue weighted by molar-refractivity contribution is -0.113. The molecule has 1 aromatic heterocycles. The zero-order valence-corrected chi connectivity index (χ0v) is 19.3. The summed E-state index contributed by atoms with van der Waals surface area (Å²) >= 11 is 13.2. The second kappa shape index (κ2) is 10.7. The van der Waals surface area contributed by atoms with Crippen molar-refractivity contribution in [2.45, 2.75) is 31.6 Å². The number of halogens is 2. The quantitative estimate of drug-likeness (QED) is 0.453. The predicted octanol–water partition coefficient (Wildman–Crippen LogP) is 4.83. The van der Waals surface area contributed by atoms with Crippen molar-refractivity contribution in [1.29, 1.82) is 0 Å². The van der Waals surface area contributed by atoms with Crippen molar-refractivity contribution in [1.82, 2.24) is 20.1 Å². The summed E-state index contributed by atoms with van der Waals surface area (Å²) in [7, 11) is 0. The van der Waals surface area contributed by atoms with Gasteiger partial charge in [0.2, 0.25) is 5.91 Å². The van der Waals surface area contributed by atoms with Crippen LogP contribution in [0, 0.1) is 0 Å². The first kappa shape index (κ1) is 23.1. The molecule has 3 rings (SSSR count). The fourth-order valence-corrected chi connectivity index (χ4v) is 4.25. The molecule has 3 aromatic rings. The van der Waals surface area contributed by atoms with E-state index in [0.717, 1.165) is 0 Å². The second-order valence-electron chi connectivity index (χ2n) is 6.64.